The van der Waals surface area contributed by atoms with Crippen LogP contribution < -0.4 is 0 Å². The van der Waals surface area contributed by atoms with Gasteiger partial charge in [-0.2, -0.15) is 26.3 Å². The van der Waals surface area contributed by atoms with Gasteiger partial charge in [-0.3, -0.25) is 4.21 Å². The van der Waals surface area contributed by atoms with Crippen molar-refractivity contribution >= 4 is 22.3 Å². The summed E-state index contributed by atoms with van der Waals surface area (Å²) in [4.78, 5) is 5.43. The number of amidine groups is 1. The highest BCUT2D eigenvalue weighted by Gasteiger charge is 2.42. The molecule has 1 aromatic rings. The first-order chi connectivity index (χ1) is 12.3. The van der Waals surface area contributed by atoms with Crippen molar-refractivity contribution in [1.82, 2.24) is 4.90 Å². The van der Waals surface area contributed by atoms with Crippen molar-refractivity contribution in [1.29, 1.82) is 0 Å². The van der Waals surface area contributed by atoms with E-state index in [1.807, 2.05) is 0 Å². The van der Waals surface area contributed by atoms with Crippen LogP contribution in [0.3, 0.4) is 0 Å². The number of aryl methyl sites for hydroxylation is 2. The summed E-state index contributed by atoms with van der Waals surface area (Å²) < 4.78 is 88.8. The fraction of sp³-hybridized carbons (Fsp3) is 0.588. The van der Waals surface area contributed by atoms with Crippen LogP contribution in [-0.2, 0) is 10.8 Å². The zero-order chi connectivity index (χ0) is 20.6. The van der Waals surface area contributed by atoms with Crippen LogP contribution in [0.5, 0.6) is 0 Å². The molecular weight excluding hydrogens is 394 g/mol. The van der Waals surface area contributed by atoms with Crippen molar-refractivity contribution in [2.75, 3.05) is 12.3 Å². The molecule has 1 heterocycles. The van der Waals surface area contributed by atoms with Gasteiger partial charge in [-0.25, -0.2) is 4.99 Å². The van der Waals surface area contributed by atoms with E-state index in [9.17, 15) is 30.6 Å². The molecule has 0 aliphatic carbocycles. The van der Waals surface area contributed by atoms with Gasteiger partial charge >= 0.3 is 12.4 Å². The smallest absolute Gasteiger partial charge is 0.348 e. The molecule has 0 spiro atoms. The van der Waals surface area contributed by atoms with Gasteiger partial charge in [0.15, 0.2) is 0 Å². The van der Waals surface area contributed by atoms with E-state index < -0.39 is 34.9 Å². The summed E-state index contributed by atoms with van der Waals surface area (Å²) in [6.07, 6.45) is -8.14. The van der Waals surface area contributed by atoms with Crippen molar-refractivity contribution < 1.29 is 30.6 Å². The highest BCUT2D eigenvalue weighted by molar-refractivity contribution is 7.85. The summed E-state index contributed by atoms with van der Waals surface area (Å²) in [7, 11) is -2.31. The standard InChI is InChI=1S/C17H20F6N2OS/c1-10-7-11(2)14(27(26)9-16(18,19)20)8-13(10)24-15-5-4-6-25(15)12(3)17(21,22)23/h7-8,12H,4-6,9H2,1-3H3. The molecule has 3 nitrogen and oxygen atoms in total. The quantitative estimate of drug-likeness (QED) is 0.646. The Labute approximate surface area is 155 Å². The number of benzene rings is 1. The summed E-state index contributed by atoms with van der Waals surface area (Å²) in [5, 5.41) is 0. The third-order valence-corrected chi connectivity index (χ3v) is 5.88. The Morgan fingerprint density at radius 1 is 1.15 bits per heavy atom. The fourth-order valence-corrected chi connectivity index (χ4v) is 4.06. The number of aliphatic imine (C=N–C) groups is 1. The fourth-order valence-electron chi connectivity index (χ4n) is 2.95. The molecule has 10 heteroatoms. The topological polar surface area (TPSA) is 32.7 Å². The number of nitrogens with zero attached hydrogens (tertiary/aromatic N) is 2. The lowest BCUT2D eigenvalue weighted by molar-refractivity contribution is -0.167. The number of hydrogen-bond acceptors (Lipinski definition) is 2. The van der Waals surface area contributed by atoms with Crippen LogP contribution in [-0.4, -0.2) is 45.6 Å². The second-order valence-corrected chi connectivity index (χ2v) is 7.97. The SMILES string of the molecule is Cc1cc(C)c(S(=O)CC(F)(F)F)cc1N=C1CCCN1C(C)C(F)(F)F. The molecule has 0 bridgehead atoms. The van der Waals surface area contributed by atoms with Crippen LogP contribution in [0.2, 0.25) is 0 Å². The largest absolute Gasteiger partial charge is 0.408 e. The number of likely N-dealkylation sites (tertiary alicyclic amines) is 1. The van der Waals surface area contributed by atoms with E-state index in [1.54, 1.807) is 19.9 Å². The van der Waals surface area contributed by atoms with Gasteiger partial charge in [-0.15, -0.1) is 0 Å². The monoisotopic (exact) mass is 414 g/mol. The maximum atomic E-state index is 13.0. The average Bonchev–Trinajstić information content (AvgIpc) is 2.94. The molecular formula is C17H20F6N2OS. The average molecular weight is 414 g/mol. The lowest BCUT2D eigenvalue weighted by Crippen LogP contribution is -2.44. The van der Waals surface area contributed by atoms with Gasteiger partial charge in [0.2, 0.25) is 0 Å². The predicted molar refractivity (Wildman–Crippen MR) is 91.8 cm³/mol. The van der Waals surface area contributed by atoms with E-state index >= 15 is 0 Å². The lowest BCUT2D eigenvalue weighted by atomic mass is 10.1. The molecule has 0 amide bonds. The van der Waals surface area contributed by atoms with E-state index in [2.05, 4.69) is 4.99 Å². The Kier molecular flexibility index (Phi) is 6.28. The summed E-state index contributed by atoms with van der Waals surface area (Å²) in [5.41, 5.74) is 1.26. The lowest BCUT2D eigenvalue weighted by Gasteiger charge is -2.28. The molecule has 1 fully saturated rings. The van der Waals surface area contributed by atoms with Crippen molar-refractivity contribution in [3.05, 3.63) is 23.3 Å². The molecule has 1 aliphatic heterocycles. The van der Waals surface area contributed by atoms with Crippen LogP contribution in [0.25, 0.3) is 0 Å². The molecule has 0 saturated carbocycles. The molecule has 1 aliphatic rings. The maximum Gasteiger partial charge on any atom is 0.408 e. The van der Waals surface area contributed by atoms with Crippen molar-refractivity contribution in [2.45, 2.75) is 56.9 Å². The molecule has 152 valence electrons. The van der Waals surface area contributed by atoms with E-state index in [4.69, 9.17) is 0 Å². The second-order valence-electron chi connectivity index (χ2n) is 6.55. The van der Waals surface area contributed by atoms with Gasteiger partial charge in [0.1, 0.15) is 17.6 Å². The Morgan fingerprint density at radius 2 is 1.78 bits per heavy atom. The summed E-state index contributed by atoms with van der Waals surface area (Å²) in [6, 6.07) is 1.13. The van der Waals surface area contributed by atoms with Gasteiger partial charge in [0.05, 0.1) is 16.5 Å². The Balaban J connectivity index is 2.39. The third kappa shape index (κ3) is 5.46. The highest BCUT2D eigenvalue weighted by Crippen LogP contribution is 2.32. The number of rotatable bonds is 4. The van der Waals surface area contributed by atoms with Crippen molar-refractivity contribution in [3.8, 4) is 0 Å². The van der Waals surface area contributed by atoms with E-state index in [0.717, 1.165) is 11.8 Å². The van der Waals surface area contributed by atoms with Gasteiger partial charge in [0.25, 0.3) is 0 Å². The Morgan fingerprint density at radius 3 is 2.33 bits per heavy atom. The third-order valence-electron chi connectivity index (χ3n) is 4.36. The minimum absolute atomic E-state index is 0.00862. The van der Waals surface area contributed by atoms with Crippen LogP contribution in [0.1, 0.15) is 30.9 Å². The first-order valence-corrected chi connectivity index (χ1v) is 9.59. The minimum Gasteiger partial charge on any atom is -0.348 e. The highest BCUT2D eigenvalue weighted by atomic mass is 32.2. The van der Waals surface area contributed by atoms with Crippen molar-refractivity contribution in [3.63, 3.8) is 0 Å². The first kappa shape index (κ1) is 21.7. The molecule has 27 heavy (non-hydrogen) atoms. The number of alkyl halides is 6. The maximum absolute atomic E-state index is 13.0. The predicted octanol–water partition coefficient (Wildman–Crippen LogP) is 5.05. The molecule has 0 N–H and O–H groups in total. The minimum atomic E-state index is -4.58. The van der Waals surface area contributed by atoms with Gasteiger partial charge < -0.3 is 4.90 Å². The van der Waals surface area contributed by atoms with Crippen LogP contribution in [0.15, 0.2) is 22.0 Å². The zero-order valence-corrected chi connectivity index (χ0v) is 15.9. The summed E-state index contributed by atoms with van der Waals surface area (Å²) in [6.45, 7) is 4.46. The van der Waals surface area contributed by atoms with Crippen LogP contribution >= 0.6 is 0 Å². The molecule has 1 aromatic carbocycles. The zero-order valence-electron chi connectivity index (χ0n) is 15.0. The Bertz CT molecular complexity index is 757. The molecule has 2 rings (SSSR count). The second kappa shape index (κ2) is 7.81. The van der Waals surface area contributed by atoms with Crippen LogP contribution in [0.4, 0.5) is 32.0 Å². The Hall–Kier alpha value is -1.58. The number of hydrogen-bond donors (Lipinski definition) is 0. The normalized spacial score (nSPS) is 19.6. The van der Waals surface area contributed by atoms with Gasteiger partial charge in [-0.1, -0.05) is 6.07 Å². The van der Waals surface area contributed by atoms with Crippen LogP contribution in [0, 0.1) is 13.8 Å². The molecule has 0 radical (unpaired) electrons. The van der Waals surface area contributed by atoms with E-state index in [1.165, 1.54) is 6.07 Å². The molecule has 0 aromatic heterocycles. The van der Waals surface area contributed by atoms with Crippen molar-refractivity contribution in [2.24, 2.45) is 4.99 Å². The van der Waals surface area contributed by atoms with E-state index in [-0.39, 0.29) is 23.0 Å². The summed E-state index contributed by atoms with van der Waals surface area (Å²) >= 11 is 0. The molecule has 1 saturated heterocycles. The summed E-state index contributed by atoms with van der Waals surface area (Å²) in [5.74, 6) is -1.25. The number of halogens is 6. The van der Waals surface area contributed by atoms with Gasteiger partial charge in [0, 0.05) is 17.9 Å². The molecule has 2 unspecified atom stereocenters. The van der Waals surface area contributed by atoms with E-state index in [0.29, 0.717) is 24.0 Å². The first-order valence-electron chi connectivity index (χ1n) is 8.27. The van der Waals surface area contributed by atoms with Gasteiger partial charge in [-0.05, 0) is 44.4 Å². The molecule has 2 atom stereocenters.